The molecule has 0 bridgehead atoms. The van der Waals surface area contributed by atoms with Crippen LogP contribution in [0.1, 0.15) is 16.8 Å². The van der Waals surface area contributed by atoms with Crippen LogP contribution in [0.4, 0.5) is 0 Å². The predicted molar refractivity (Wildman–Crippen MR) is 73.0 cm³/mol. The molecule has 0 saturated carbocycles. The van der Waals surface area contributed by atoms with Gasteiger partial charge in [-0.25, -0.2) is 9.97 Å². The van der Waals surface area contributed by atoms with Gasteiger partial charge in [-0.05, 0) is 0 Å². The average Bonchev–Trinajstić information content (AvgIpc) is 2.52. The molecule has 120 valence electrons. The Hall–Kier alpha value is -2.42. The Labute approximate surface area is 126 Å². The summed E-state index contributed by atoms with van der Waals surface area (Å²) < 4.78 is 15.5. The van der Waals surface area contributed by atoms with E-state index in [0.717, 1.165) is 0 Å². The zero-order valence-electron chi connectivity index (χ0n) is 12.3. The van der Waals surface area contributed by atoms with Crippen LogP contribution in [0.15, 0.2) is 6.33 Å². The van der Waals surface area contributed by atoms with Gasteiger partial charge in [-0.3, -0.25) is 9.59 Å². The lowest BCUT2D eigenvalue weighted by Gasteiger charge is -2.32. The first-order valence-corrected chi connectivity index (χ1v) is 6.62. The zero-order chi connectivity index (χ0) is 16.1. The summed E-state index contributed by atoms with van der Waals surface area (Å²) in [4.78, 5) is 32.7. The van der Waals surface area contributed by atoms with E-state index in [9.17, 15) is 9.59 Å². The van der Waals surface area contributed by atoms with E-state index in [4.69, 9.17) is 19.3 Å². The number of carboxylic acids is 1. The molecule has 1 aromatic rings. The maximum Gasteiger partial charge on any atom is 0.306 e. The molecule has 0 aliphatic carbocycles. The molecule has 2 heterocycles. The third-order valence-corrected chi connectivity index (χ3v) is 3.21. The van der Waals surface area contributed by atoms with Gasteiger partial charge < -0.3 is 24.2 Å². The summed E-state index contributed by atoms with van der Waals surface area (Å²) in [5.41, 5.74) is 0.114. The van der Waals surface area contributed by atoms with Gasteiger partial charge in [-0.1, -0.05) is 0 Å². The first-order chi connectivity index (χ1) is 10.6. The number of carboxylic acid groups (broad SMARTS) is 1. The van der Waals surface area contributed by atoms with Crippen LogP contribution in [0.2, 0.25) is 0 Å². The van der Waals surface area contributed by atoms with Gasteiger partial charge in [0.25, 0.3) is 5.91 Å². The van der Waals surface area contributed by atoms with E-state index in [1.807, 2.05) is 0 Å². The van der Waals surface area contributed by atoms with Crippen LogP contribution in [-0.4, -0.2) is 71.9 Å². The molecule has 22 heavy (non-hydrogen) atoms. The molecule has 1 amide bonds. The summed E-state index contributed by atoms with van der Waals surface area (Å²) in [6.45, 7) is 0.782. The summed E-state index contributed by atoms with van der Waals surface area (Å²) in [6, 6.07) is 0. The fourth-order valence-corrected chi connectivity index (χ4v) is 2.23. The highest BCUT2D eigenvalue weighted by Crippen LogP contribution is 2.26. The van der Waals surface area contributed by atoms with Crippen molar-refractivity contribution in [1.82, 2.24) is 14.9 Å². The van der Waals surface area contributed by atoms with Crippen LogP contribution in [0.3, 0.4) is 0 Å². The standard InChI is InChI=1S/C13H17N3O6/c1-20-11-10(12(21-2)15-7-14-11)13(19)16-3-4-22-8(6-16)5-9(17)18/h7-8H,3-6H2,1-2H3,(H,17,18). The number of methoxy groups -OCH3 is 2. The van der Waals surface area contributed by atoms with Gasteiger partial charge in [-0.15, -0.1) is 0 Å². The van der Waals surface area contributed by atoms with Crippen molar-refractivity contribution in [3.05, 3.63) is 11.9 Å². The van der Waals surface area contributed by atoms with E-state index in [2.05, 4.69) is 9.97 Å². The second kappa shape index (κ2) is 7.03. The number of morpholine rings is 1. The van der Waals surface area contributed by atoms with Crippen LogP contribution in [0.25, 0.3) is 0 Å². The molecule has 1 aromatic heterocycles. The number of aliphatic carboxylic acids is 1. The van der Waals surface area contributed by atoms with Crippen LogP contribution in [-0.2, 0) is 9.53 Å². The molecule has 2 rings (SSSR count). The Bertz CT molecular complexity index is 542. The molecule has 9 heteroatoms. The Morgan fingerprint density at radius 1 is 1.36 bits per heavy atom. The van der Waals surface area contributed by atoms with Crippen molar-refractivity contribution in [2.75, 3.05) is 33.9 Å². The van der Waals surface area contributed by atoms with Crippen molar-refractivity contribution < 1.29 is 28.9 Å². The summed E-state index contributed by atoms with van der Waals surface area (Å²) in [5.74, 6) is -1.14. The lowest BCUT2D eigenvalue weighted by atomic mass is 10.1. The van der Waals surface area contributed by atoms with Gasteiger partial charge in [0.15, 0.2) is 5.56 Å². The quantitative estimate of drug-likeness (QED) is 0.796. The molecule has 1 aliphatic rings. The van der Waals surface area contributed by atoms with Gasteiger partial charge in [0.1, 0.15) is 6.33 Å². The average molecular weight is 311 g/mol. The topological polar surface area (TPSA) is 111 Å². The van der Waals surface area contributed by atoms with Gasteiger partial charge in [-0.2, -0.15) is 0 Å². The number of carbonyl (C=O) groups is 2. The lowest BCUT2D eigenvalue weighted by Crippen LogP contribution is -2.46. The second-order valence-electron chi connectivity index (χ2n) is 4.61. The van der Waals surface area contributed by atoms with Crippen molar-refractivity contribution >= 4 is 11.9 Å². The number of rotatable bonds is 5. The Balaban J connectivity index is 2.22. The van der Waals surface area contributed by atoms with Crippen molar-refractivity contribution in [2.24, 2.45) is 0 Å². The smallest absolute Gasteiger partial charge is 0.306 e. The Kier molecular flexibility index (Phi) is 5.10. The maximum absolute atomic E-state index is 12.7. The molecule has 1 unspecified atom stereocenters. The number of carbonyl (C=O) groups excluding carboxylic acids is 1. The number of hydrogen-bond acceptors (Lipinski definition) is 7. The van der Waals surface area contributed by atoms with E-state index < -0.39 is 12.1 Å². The number of hydrogen-bond donors (Lipinski definition) is 1. The molecule has 1 atom stereocenters. The van der Waals surface area contributed by atoms with Crippen LogP contribution >= 0.6 is 0 Å². The summed E-state index contributed by atoms with van der Waals surface area (Å²) in [7, 11) is 2.79. The molecule has 1 fully saturated rings. The molecule has 1 aliphatic heterocycles. The van der Waals surface area contributed by atoms with Crippen molar-refractivity contribution in [1.29, 1.82) is 0 Å². The minimum Gasteiger partial charge on any atom is -0.481 e. The van der Waals surface area contributed by atoms with Gasteiger partial charge in [0.05, 0.1) is 33.4 Å². The highest BCUT2D eigenvalue weighted by Gasteiger charge is 2.31. The number of amides is 1. The second-order valence-corrected chi connectivity index (χ2v) is 4.61. The van der Waals surface area contributed by atoms with E-state index in [0.29, 0.717) is 6.54 Å². The lowest BCUT2D eigenvalue weighted by molar-refractivity contribution is -0.141. The molecule has 0 aromatic carbocycles. The highest BCUT2D eigenvalue weighted by atomic mass is 16.5. The third-order valence-electron chi connectivity index (χ3n) is 3.21. The number of nitrogens with zero attached hydrogens (tertiary/aromatic N) is 3. The highest BCUT2D eigenvalue weighted by molar-refractivity contribution is 5.98. The number of aromatic nitrogens is 2. The monoisotopic (exact) mass is 311 g/mol. The largest absolute Gasteiger partial charge is 0.481 e. The zero-order valence-corrected chi connectivity index (χ0v) is 12.3. The van der Waals surface area contributed by atoms with Gasteiger partial charge in [0, 0.05) is 13.1 Å². The Morgan fingerprint density at radius 2 is 2.00 bits per heavy atom. The minimum absolute atomic E-state index is 0.109. The van der Waals surface area contributed by atoms with Crippen molar-refractivity contribution in [3.63, 3.8) is 0 Å². The van der Waals surface area contributed by atoms with Crippen LogP contribution in [0.5, 0.6) is 11.8 Å². The molecule has 0 radical (unpaired) electrons. The molecule has 0 spiro atoms. The van der Waals surface area contributed by atoms with Crippen LogP contribution < -0.4 is 9.47 Å². The number of ether oxygens (including phenoxy) is 3. The van der Waals surface area contributed by atoms with Crippen LogP contribution in [0, 0.1) is 0 Å². The summed E-state index contributed by atoms with van der Waals surface area (Å²) in [5, 5.41) is 8.83. The van der Waals surface area contributed by atoms with Gasteiger partial charge >= 0.3 is 5.97 Å². The molecule has 9 nitrogen and oxygen atoms in total. The summed E-state index contributed by atoms with van der Waals surface area (Å²) in [6.07, 6.45) is 0.529. The van der Waals surface area contributed by atoms with E-state index in [-0.39, 0.29) is 42.8 Å². The first-order valence-electron chi connectivity index (χ1n) is 6.62. The van der Waals surface area contributed by atoms with Gasteiger partial charge in [0.2, 0.25) is 11.8 Å². The van der Waals surface area contributed by atoms with Crippen molar-refractivity contribution in [2.45, 2.75) is 12.5 Å². The fourth-order valence-electron chi connectivity index (χ4n) is 2.23. The van der Waals surface area contributed by atoms with E-state index in [1.165, 1.54) is 25.4 Å². The van der Waals surface area contributed by atoms with E-state index in [1.54, 1.807) is 0 Å². The fraction of sp³-hybridized carbons (Fsp3) is 0.538. The minimum atomic E-state index is -0.975. The molecule has 1 N–H and O–H groups in total. The third kappa shape index (κ3) is 3.42. The summed E-state index contributed by atoms with van der Waals surface area (Å²) >= 11 is 0. The molecule has 1 saturated heterocycles. The SMILES string of the molecule is COc1ncnc(OC)c1C(=O)N1CCOC(CC(=O)O)C1. The van der Waals surface area contributed by atoms with Crippen molar-refractivity contribution in [3.8, 4) is 11.8 Å². The predicted octanol–water partition coefficient (Wildman–Crippen LogP) is -0.190. The Morgan fingerprint density at radius 3 is 2.55 bits per heavy atom. The maximum atomic E-state index is 12.7. The first kappa shape index (κ1) is 16.0. The molecular formula is C13H17N3O6. The van der Waals surface area contributed by atoms with E-state index >= 15 is 0 Å². The molecular weight excluding hydrogens is 294 g/mol. The normalized spacial score (nSPS) is 17.9.